The number of carbonyl (C=O) groups excluding carboxylic acids is 2. The summed E-state index contributed by atoms with van der Waals surface area (Å²) in [7, 11) is 4.65. The van der Waals surface area contributed by atoms with Gasteiger partial charge in [-0.25, -0.2) is 9.97 Å². The molecule has 0 fully saturated rings. The number of nitrogens with zero attached hydrogens (tertiary/aromatic N) is 2. The number of ether oxygens (including phenoxy) is 3. The van der Waals surface area contributed by atoms with E-state index in [1.807, 2.05) is 73.1 Å². The molecule has 0 spiro atoms. The zero-order valence-corrected chi connectivity index (χ0v) is 29.8. The summed E-state index contributed by atoms with van der Waals surface area (Å²) < 4.78 is 15.5. The van der Waals surface area contributed by atoms with Crippen molar-refractivity contribution < 1.29 is 23.8 Å². The van der Waals surface area contributed by atoms with E-state index in [4.69, 9.17) is 25.8 Å². The molecule has 12 heteroatoms. The van der Waals surface area contributed by atoms with E-state index in [9.17, 15) is 9.59 Å². The second-order valence-electron chi connectivity index (χ2n) is 10.5. The van der Waals surface area contributed by atoms with Crippen LogP contribution in [-0.2, 0) is 0 Å². The van der Waals surface area contributed by atoms with E-state index in [-0.39, 0.29) is 11.8 Å². The summed E-state index contributed by atoms with van der Waals surface area (Å²) in [5.74, 6) is 1.21. The van der Waals surface area contributed by atoms with Crippen molar-refractivity contribution in [3.63, 3.8) is 0 Å². The van der Waals surface area contributed by atoms with Crippen LogP contribution in [0.2, 0.25) is 5.02 Å². The van der Waals surface area contributed by atoms with Crippen molar-refractivity contribution in [2.45, 2.75) is 13.8 Å². The summed E-state index contributed by atoms with van der Waals surface area (Å²) in [6.07, 6.45) is 0. The van der Waals surface area contributed by atoms with Crippen LogP contribution in [0.1, 0.15) is 30.7 Å². The van der Waals surface area contributed by atoms with E-state index in [1.165, 1.54) is 7.11 Å². The molecule has 250 valence electrons. The third-order valence-corrected chi connectivity index (χ3v) is 9.05. The van der Waals surface area contributed by atoms with E-state index >= 15 is 0 Å². The van der Waals surface area contributed by atoms with Crippen molar-refractivity contribution in [2.24, 2.45) is 0 Å². The second kappa shape index (κ2) is 16.2. The monoisotopic (exact) mass is 712 g/mol. The summed E-state index contributed by atoms with van der Waals surface area (Å²) in [5.41, 5.74) is 6.16. The van der Waals surface area contributed by atoms with Gasteiger partial charge >= 0.3 is 0 Å². The van der Waals surface area contributed by atoms with Gasteiger partial charge in [0.25, 0.3) is 11.8 Å². The van der Waals surface area contributed by atoms with Crippen LogP contribution >= 0.6 is 34.3 Å². The van der Waals surface area contributed by atoms with Gasteiger partial charge in [0.05, 0.1) is 58.9 Å². The number of hydrogen-bond donors (Lipinski definition) is 2. The molecule has 0 unspecified atom stereocenters. The third-order valence-electron chi connectivity index (χ3n) is 7.19. The lowest BCUT2D eigenvalue weighted by Crippen LogP contribution is -2.13. The molecule has 2 N–H and O–H groups in total. The van der Waals surface area contributed by atoms with Crippen LogP contribution in [0.4, 0.5) is 11.4 Å². The molecule has 0 radical (unpaired) electrons. The maximum absolute atomic E-state index is 12.5. The highest BCUT2D eigenvalue weighted by atomic mass is 35.5. The smallest absolute Gasteiger partial charge is 0.259 e. The third kappa shape index (κ3) is 9.02. The van der Waals surface area contributed by atoms with Crippen LogP contribution in [0.15, 0.2) is 95.7 Å². The molecule has 49 heavy (non-hydrogen) atoms. The van der Waals surface area contributed by atoms with Crippen LogP contribution in [0.25, 0.3) is 22.5 Å². The van der Waals surface area contributed by atoms with Gasteiger partial charge in [-0.1, -0.05) is 35.9 Å². The Labute approximate surface area is 297 Å². The van der Waals surface area contributed by atoms with Crippen LogP contribution < -0.4 is 24.8 Å². The number of anilines is 2. The topological polar surface area (TPSA) is 112 Å². The molecule has 0 aliphatic rings. The number of benzene rings is 4. The number of amides is 2. The summed E-state index contributed by atoms with van der Waals surface area (Å²) in [6.45, 7) is 3.95. The highest BCUT2D eigenvalue weighted by Gasteiger charge is 2.14. The molecule has 0 bridgehead atoms. The molecule has 6 rings (SSSR count). The van der Waals surface area contributed by atoms with Gasteiger partial charge in [-0.15, -0.1) is 22.7 Å². The minimum atomic E-state index is -0.264. The van der Waals surface area contributed by atoms with Crippen LogP contribution in [0, 0.1) is 13.8 Å². The molecular formula is C37H33ClN4O5S2. The number of methoxy groups -OCH3 is 3. The lowest BCUT2D eigenvalue weighted by atomic mass is 10.1. The van der Waals surface area contributed by atoms with Crippen LogP contribution in [0.5, 0.6) is 17.2 Å². The summed E-state index contributed by atoms with van der Waals surface area (Å²) in [5, 5.41) is 12.1. The number of aromatic nitrogens is 2. The molecule has 0 aliphatic heterocycles. The number of rotatable bonds is 9. The lowest BCUT2D eigenvalue weighted by molar-refractivity contribution is 0.101. The van der Waals surface area contributed by atoms with Gasteiger partial charge in [-0.3, -0.25) is 9.59 Å². The van der Waals surface area contributed by atoms with Crippen LogP contribution in [-0.4, -0.2) is 43.1 Å². The fourth-order valence-corrected chi connectivity index (χ4v) is 6.13. The highest BCUT2D eigenvalue weighted by molar-refractivity contribution is 7.10. The van der Waals surface area contributed by atoms with Gasteiger partial charge in [0.15, 0.2) is 0 Å². The van der Waals surface area contributed by atoms with E-state index < -0.39 is 0 Å². The van der Waals surface area contributed by atoms with Gasteiger partial charge < -0.3 is 24.8 Å². The largest absolute Gasteiger partial charge is 0.497 e. The van der Waals surface area contributed by atoms with Crippen molar-refractivity contribution >= 4 is 57.5 Å². The second-order valence-corrected chi connectivity index (χ2v) is 13.0. The number of thiazole rings is 2. The molecule has 2 heterocycles. The fourth-order valence-electron chi connectivity index (χ4n) is 4.63. The van der Waals surface area contributed by atoms with Gasteiger partial charge in [-0.05, 0) is 68.4 Å². The summed E-state index contributed by atoms with van der Waals surface area (Å²) >= 11 is 9.35. The molecule has 4 aromatic carbocycles. The number of nitrogens with one attached hydrogen (secondary N) is 2. The Kier molecular flexibility index (Phi) is 11.6. The first-order valence-electron chi connectivity index (χ1n) is 14.9. The first-order valence-corrected chi connectivity index (χ1v) is 17.0. The average Bonchev–Trinajstić information content (AvgIpc) is 3.76. The molecule has 0 aliphatic carbocycles. The zero-order valence-electron chi connectivity index (χ0n) is 27.4. The standard InChI is InChI=1S/C19H18N2O3S.C18H15ClN2O2S/c1-12-20-17(11-25-12)13-4-6-14(7-5-13)21-19(22)16-9-8-15(23-2)10-18(16)24-3;1-11-20-17(10-24-11)12-3-5-13(6-4-12)21-18(22)15-8-7-14(23-2)9-16(15)19/h4-11H,1-3H3,(H,21,22);3-10H,1-2H3,(H,21,22). The number of carbonyl (C=O) groups is 2. The lowest BCUT2D eigenvalue weighted by Gasteiger charge is -2.11. The van der Waals surface area contributed by atoms with Crippen molar-refractivity contribution in [2.75, 3.05) is 32.0 Å². The van der Waals surface area contributed by atoms with Crippen molar-refractivity contribution in [1.82, 2.24) is 9.97 Å². The molecular weight excluding hydrogens is 680 g/mol. The van der Waals surface area contributed by atoms with Crippen LogP contribution in [0.3, 0.4) is 0 Å². The minimum absolute atomic E-state index is 0.239. The minimum Gasteiger partial charge on any atom is -0.497 e. The molecule has 0 atom stereocenters. The van der Waals surface area contributed by atoms with Crippen molar-refractivity contribution in [3.05, 3.63) is 122 Å². The van der Waals surface area contributed by atoms with Crippen molar-refractivity contribution in [1.29, 1.82) is 0 Å². The number of aryl methyl sites for hydroxylation is 2. The molecule has 2 aromatic heterocycles. The Morgan fingerprint density at radius 2 is 1.06 bits per heavy atom. The average molecular weight is 713 g/mol. The summed E-state index contributed by atoms with van der Waals surface area (Å²) in [6, 6.07) is 25.2. The van der Waals surface area contributed by atoms with Gasteiger partial charge in [0.1, 0.15) is 17.2 Å². The maximum Gasteiger partial charge on any atom is 0.259 e. The fraction of sp³-hybridized carbons (Fsp3) is 0.135. The Morgan fingerprint density at radius 3 is 1.47 bits per heavy atom. The van der Waals surface area contributed by atoms with E-state index in [1.54, 1.807) is 73.3 Å². The van der Waals surface area contributed by atoms with E-state index in [2.05, 4.69) is 20.6 Å². The predicted octanol–water partition coefficient (Wildman–Crippen LogP) is 9.42. The molecule has 2 amide bonds. The maximum atomic E-state index is 12.5. The van der Waals surface area contributed by atoms with Crippen molar-refractivity contribution in [3.8, 4) is 39.8 Å². The van der Waals surface area contributed by atoms with E-state index in [0.29, 0.717) is 44.8 Å². The number of halogens is 1. The first-order chi connectivity index (χ1) is 23.7. The highest BCUT2D eigenvalue weighted by Crippen LogP contribution is 2.28. The van der Waals surface area contributed by atoms with E-state index in [0.717, 1.165) is 32.5 Å². The molecule has 6 aromatic rings. The van der Waals surface area contributed by atoms with Gasteiger partial charge in [0.2, 0.25) is 0 Å². The predicted molar refractivity (Wildman–Crippen MR) is 198 cm³/mol. The zero-order chi connectivity index (χ0) is 34.9. The SMILES string of the molecule is COc1ccc(C(=O)Nc2ccc(-c3csc(C)n3)cc2)c(Cl)c1.COc1ccc(C(=O)Nc2ccc(-c3csc(C)n3)cc2)c(OC)c1. The Morgan fingerprint density at radius 1 is 0.612 bits per heavy atom. The first kappa shape index (κ1) is 35.1. The molecule has 0 saturated heterocycles. The Hall–Kier alpha value is -5.23. The van der Waals surface area contributed by atoms with Gasteiger partial charge in [0, 0.05) is 39.3 Å². The number of hydrogen-bond acceptors (Lipinski definition) is 9. The Balaban J connectivity index is 0.000000191. The quantitative estimate of drug-likeness (QED) is 0.154. The summed E-state index contributed by atoms with van der Waals surface area (Å²) in [4.78, 5) is 33.8. The molecule has 9 nitrogen and oxygen atoms in total. The Bertz CT molecular complexity index is 2060. The van der Waals surface area contributed by atoms with Gasteiger partial charge in [-0.2, -0.15) is 0 Å². The molecule has 0 saturated carbocycles. The normalized spacial score (nSPS) is 10.4.